The first-order valence-corrected chi connectivity index (χ1v) is 5.28. The zero-order valence-electron chi connectivity index (χ0n) is 9.43. The fourth-order valence-electron chi connectivity index (χ4n) is 1.76. The van der Waals surface area contributed by atoms with Gasteiger partial charge < -0.3 is 15.1 Å². The predicted octanol–water partition coefficient (Wildman–Crippen LogP) is 1.51. The summed E-state index contributed by atoms with van der Waals surface area (Å²) in [6.07, 6.45) is 0. The van der Waals surface area contributed by atoms with E-state index in [0.29, 0.717) is 17.8 Å². The second-order valence-electron chi connectivity index (χ2n) is 3.58. The van der Waals surface area contributed by atoms with Crippen LogP contribution >= 0.6 is 0 Å². The Kier molecular flexibility index (Phi) is 2.82. The van der Waals surface area contributed by atoms with Crippen molar-refractivity contribution in [1.29, 1.82) is 5.41 Å². The van der Waals surface area contributed by atoms with E-state index in [1.165, 1.54) is 6.07 Å². The summed E-state index contributed by atoms with van der Waals surface area (Å²) in [6, 6.07) is 8.52. The number of fused-ring (bicyclic) bond motifs is 1. The summed E-state index contributed by atoms with van der Waals surface area (Å²) in [5.74, 6) is -0.0773. The standard InChI is InChI=1S/C12H13N3O2/c1-2-15(12(13)14)9-5-3-4-8-6-7-10(16)17-11(8)9/h3-7H,2H2,1H3,(H3,13,14). The smallest absolute Gasteiger partial charge is 0.336 e. The van der Waals surface area contributed by atoms with Crippen molar-refractivity contribution in [3.05, 3.63) is 40.8 Å². The third kappa shape index (κ3) is 1.99. The third-order valence-corrected chi connectivity index (χ3v) is 2.52. The first kappa shape index (κ1) is 11.2. The SMILES string of the molecule is CCN(C(=N)N)c1cccc2ccc(=O)oc12. The number of hydrogen-bond donors (Lipinski definition) is 2. The zero-order valence-corrected chi connectivity index (χ0v) is 9.43. The minimum atomic E-state index is -0.412. The fourth-order valence-corrected chi connectivity index (χ4v) is 1.76. The van der Waals surface area contributed by atoms with Gasteiger partial charge in [-0.05, 0) is 19.1 Å². The summed E-state index contributed by atoms with van der Waals surface area (Å²) in [7, 11) is 0. The van der Waals surface area contributed by atoms with Gasteiger partial charge in [-0.25, -0.2) is 4.79 Å². The van der Waals surface area contributed by atoms with Crippen LogP contribution in [0.25, 0.3) is 11.0 Å². The lowest BCUT2D eigenvalue weighted by molar-refractivity contribution is 0.561. The van der Waals surface area contributed by atoms with Crippen LogP contribution in [0.1, 0.15) is 6.92 Å². The quantitative estimate of drug-likeness (QED) is 0.466. The molecule has 0 spiro atoms. The molecule has 0 atom stereocenters. The lowest BCUT2D eigenvalue weighted by atomic mass is 10.2. The number of benzene rings is 1. The number of nitrogens with one attached hydrogen (secondary N) is 1. The average Bonchev–Trinajstić information content (AvgIpc) is 2.30. The second kappa shape index (κ2) is 4.29. The molecule has 1 heterocycles. The Bertz CT molecular complexity index is 618. The molecule has 0 unspecified atom stereocenters. The largest absolute Gasteiger partial charge is 0.420 e. The molecule has 0 aliphatic carbocycles. The van der Waals surface area contributed by atoms with Gasteiger partial charge in [-0.3, -0.25) is 5.41 Å². The first-order valence-electron chi connectivity index (χ1n) is 5.28. The number of hydrogen-bond acceptors (Lipinski definition) is 3. The van der Waals surface area contributed by atoms with E-state index in [-0.39, 0.29) is 5.96 Å². The van der Waals surface area contributed by atoms with E-state index < -0.39 is 5.63 Å². The number of guanidine groups is 1. The summed E-state index contributed by atoms with van der Waals surface area (Å²) in [5.41, 5.74) is 6.18. The minimum Gasteiger partial charge on any atom is -0.420 e. The van der Waals surface area contributed by atoms with Crippen LogP contribution in [0, 0.1) is 5.41 Å². The molecular weight excluding hydrogens is 218 g/mol. The van der Waals surface area contributed by atoms with Crippen molar-refractivity contribution in [3.8, 4) is 0 Å². The molecule has 3 N–H and O–H groups in total. The van der Waals surface area contributed by atoms with Gasteiger partial charge in [-0.1, -0.05) is 12.1 Å². The Morgan fingerprint density at radius 1 is 1.41 bits per heavy atom. The molecule has 0 bridgehead atoms. The molecule has 5 heteroatoms. The lowest BCUT2D eigenvalue weighted by Crippen LogP contribution is -2.36. The molecule has 2 aromatic rings. The Labute approximate surface area is 98.0 Å². The van der Waals surface area contributed by atoms with Crippen LogP contribution in [0.3, 0.4) is 0 Å². The van der Waals surface area contributed by atoms with Gasteiger partial charge >= 0.3 is 5.63 Å². The molecular formula is C12H13N3O2. The Morgan fingerprint density at radius 3 is 2.82 bits per heavy atom. The summed E-state index contributed by atoms with van der Waals surface area (Å²) in [5, 5.41) is 8.31. The predicted molar refractivity (Wildman–Crippen MR) is 67.4 cm³/mol. The van der Waals surface area contributed by atoms with Crippen molar-refractivity contribution < 1.29 is 4.42 Å². The maximum Gasteiger partial charge on any atom is 0.336 e. The fraction of sp³-hybridized carbons (Fsp3) is 0.167. The molecule has 17 heavy (non-hydrogen) atoms. The van der Waals surface area contributed by atoms with Gasteiger partial charge in [0, 0.05) is 18.0 Å². The van der Waals surface area contributed by atoms with E-state index >= 15 is 0 Å². The van der Waals surface area contributed by atoms with Gasteiger partial charge in [0.1, 0.15) is 0 Å². The Balaban J connectivity index is 2.72. The summed E-state index contributed by atoms with van der Waals surface area (Å²) < 4.78 is 5.18. The van der Waals surface area contributed by atoms with E-state index in [9.17, 15) is 4.79 Å². The number of nitrogens with zero attached hydrogens (tertiary/aromatic N) is 1. The van der Waals surface area contributed by atoms with Gasteiger partial charge in [0.15, 0.2) is 11.5 Å². The first-order chi connectivity index (χ1) is 8.13. The van der Waals surface area contributed by atoms with E-state index in [0.717, 1.165) is 5.39 Å². The highest BCUT2D eigenvalue weighted by Crippen LogP contribution is 2.25. The highest BCUT2D eigenvalue weighted by Gasteiger charge is 2.12. The van der Waals surface area contributed by atoms with E-state index in [4.69, 9.17) is 15.6 Å². The van der Waals surface area contributed by atoms with E-state index in [1.807, 2.05) is 19.1 Å². The maximum absolute atomic E-state index is 11.2. The molecule has 1 aromatic heterocycles. The van der Waals surface area contributed by atoms with Gasteiger partial charge in [0.25, 0.3) is 0 Å². The number of para-hydroxylation sites is 1. The van der Waals surface area contributed by atoms with Crippen LogP contribution in [0.5, 0.6) is 0 Å². The van der Waals surface area contributed by atoms with Crippen molar-refractivity contribution in [2.24, 2.45) is 5.73 Å². The van der Waals surface area contributed by atoms with Crippen molar-refractivity contribution in [3.63, 3.8) is 0 Å². The number of anilines is 1. The van der Waals surface area contributed by atoms with Gasteiger partial charge in [-0.15, -0.1) is 0 Å². The van der Waals surface area contributed by atoms with Crippen molar-refractivity contribution in [1.82, 2.24) is 0 Å². The molecule has 2 rings (SSSR count). The second-order valence-corrected chi connectivity index (χ2v) is 3.58. The summed E-state index contributed by atoms with van der Waals surface area (Å²) in [6.45, 7) is 2.41. The number of nitrogens with two attached hydrogens (primary N) is 1. The van der Waals surface area contributed by atoms with Crippen molar-refractivity contribution in [2.75, 3.05) is 11.4 Å². The summed E-state index contributed by atoms with van der Waals surface area (Å²) >= 11 is 0. The molecule has 0 saturated carbocycles. The van der Waals surface area contributed by atoms with Gasteiger partial charge in [0.05, 0.1) is 5.69 Å². The molecule has 1 aromatic carbocycles. The van der Waals surface area contributed by atoms with E-state index in [1.54, 1.807) is 17.0 Å². The molecule has 0 amide bonds. The molecule has 0 aliphatic heterocycles. The Morgan fingerprint density at radius 2 is 2.18 bits per heavy atom. The van der Waals surface area contributed by atoms with Crippen LogP contribution in [-0.4, -0.2) is 12.5 Å². The molecule has 0 aliphatic rings. The molecule has 0 fully saturated rings. The van der Waals surface area contributed by atoms with Crippen LogP contribution in [0.2, 0.25) is 0 Å². The normalized spacial score (nSPS) is 10.4. The van der Waals surface area contributed by atoms with Crippen LogP contribution in [0.15, 0.2) is 39.5 Å². The van der Waals surface area contributed by atoms with Crippen LogP contribution in [0.4, 0.5) is 5.69 Å². The van der Waals surface area contributed by atoms with Crippen molar-refractivity contribution in [2.45, 2.75) is 6.92 Å². The maximum atomic E-state index is 11.2. The van der Waals surface area contributed by atoms with Crippen molar-refractivity contribution >= 4 is 22.6 Å². The van der Waals surface area contributed by atoms with Crippen LogP contribution < -0.4 is 16.3 Å². The highest BCUT2D eigenvalue weighted by molar-refractivity contribution is 6.00. The molecule has 0 radical (unpaired) electrons. The summed E-state index contributed by atoms with van der Waals surface area (Å²) in [4.78, 5) is 12.8. The molecule has 0 saturated heterocycles. The lowest BCUT2D eigenvalue weighted by Gasteiger charge is -2.21. The highest BCUT2D eigenvalue weighted by atomic mass is 16.4. The topological polar surface area (TPSA) is 83.3 Å². The molecule has 5 nitrogen and oxygen atoms in total. The third-order valence-electron chi connectivity index (χ3n) is 2.52. The molecule has 88 valence electrons. The van der Waals surface area contributed by atoms with Gasteiger partial charge in [-0.2, -0.15) is 0 Å². The number of rotatable bonds is 2. The van der Waals surface area contributed by atoms with E-state index in [2.05, 4.69) is 0 Å². The van der Waals surface area contributed by atoms with Crippen LogP contribution in [-0.2, 0) is 0 Å². The zero-order chi connectivity index (χ0) is 12.4. The minimum absolute atomic E-state index is 0.0773. The average molecular weight is 231 g/mol. The Hall–Kier alpha value is -2.30. The van der Waals surface area contributed by atoms with Gasteiger partial charge in [0.2, 0.25) is 0 Å². The monoisotopic (exact) mass is 231 g/mol.